The molecule has 0 saturated carbocycles. The lowest BCUT2D eigenvalue weighted by Crippen LogP contribution is -2.10. The molecule has 0 amide bonds. The van der Waals surface area contributed by atoms with Crippen molar-refractivity contribution < 1.29 is 19.1 Å². The third-order valence-corrected chi connectivity index (χ3v) is 3.91. The minimum absolute atomic E-state index is 0.248. The molecule has 7 nitrogen and oxygen atoms in total. The molecule has 136 valence electrons. The Morgan fingerprint density at radius 1 is 1.19 bits per heavy atom. The Labute approximate surface area is 155 Å². The van der Waals surface area contributed by atoms with Gasteiger partial charge in [-0.15, -0.1) is 0 Å². The quantitative estimate of drug-likeness (QED) is 0.480. The van der Waals surface area contributed by atoms with Gasteiger partial charge in [0.05, 0.1) is 35.5 Å². The maximum absolute atomic E-state index is 12.2. The van der Waals surface area contributed by atoms with Crippen LogP contribution in [-0.4, -0.2) is 35.8 Å². The van der Waals surface area contributed by atoms with Gasteiger partial charge in [-0.2, -0.15) is 0 Å². The molecule has 0 saturated heterocycles. The van der Waals surface area contributed by atoms with Crippen molar-refractivity contribution in [2.45, 2.75) is 6.73 Å². The average molecular weight is 376 g/mol. The fourth-order valence-electron chi connectivity index (χ4n) is 2.32. The largest absolute Gasteiger partial charge is 0.382 e. The van der Waals surface area contributed by atoms with Crippen LogP contribution in [0.1, 0.15) is 10.4 Å². The summed E-state index contributed by atoms with van der Waals surface area (Å²) < 4.78 is 12.1. The molecule has 3 aromatic rings. The molecule has 0 fully saturated rings. The van der Waals surface area contributed by atoms with Gasteiger partial charge in [-0.05, 0) is 41.9 Å². The third kappa shape index (κ3) is 4.32. The molecule has 0 radical (unpaired) electrons. The number of para-hydroxylation sites is 1. The maximum Gasteiger partial charge on any atom is 0.362 e. The topological polar surface area (TPSA) is 74.6 Å². The molecule has 1 heterocycles. The number of hydrogen-bond donors (Lipinski definition) is 1. The number of methoxy groups -OCH3 is 1. The van der Waals surface area contributed by atoms with Gasteiger partial charge in [-0.1, -0.05) is 18.2 Å². The minimum Gasteiger partial charge on any atom is -0.382 e. The van der Waals surface area contributed by atoms with Crippen LogP contribution >= 0.6 is 11.6 Å². The number of rotatable bonds is 8. The molecule has 0 aliphatic carbocycles. The highest BCUT2D eigenvalue weighted by Gasteiger charge is 2.14. The van der Waals surface area contributed by atoms with Gasteiger partial charge in [-0.25, -0.2) is 15.3 Å². The van der Waals surface area contributed by atoms with Gasteiger partial charge in [0.1, 0.15) is 6.73 Å². The molecule has 1 aromatic heterocycles. The Kier molecular flexibility index (Phi) is 6.06. The number of fused-ring (bicyclic) bond motifs is 1. The second-order valence-corrected chi connectivity index (χ2v) is 5.74. The van der Waals surface area contributed by atoms with E-state index < -0.39 is 5.97 Å². The Morgan fingerprint density at radius 2 is 2.00 bits per heavy atom. The number of nitrogens with one attached hydrogen (secondary N) is 1. The zero-order chi connectivity index (χ0) is 18.4. The van der Waals surface area contributed by atoms with Gasteiger partial charge in [0.15, 0.2) is 0 Å². The maximum atomic E-state index is 12.2. The van der Waals surface area contributed by atoms with Crippen molar-refractivity contribution in [2.24, 2.45) is 0 Å². The van der Waals surface area contributed by atoms with Crippen LogP contribution in [0.25, 0.3) is 11.0 Å². The summed E-state index contributed by atoms with van der Waals surface area (Å²) in [5.41, 5.74) is 5.01. The van der Waals surface area contributed by atoms with E-state index in [0.717, 1.165) is 5.52 Å². The average Bonchev–Trinajstić information content (AvgIpc) is 2.98. The van der Waals surface area contributed by atoms with Crippen molar-refractivity contribution in [3.8, 4) is 0 Å². The van der Waals surface area contributed by atoms with Crippen molar-refractivity contribution in [1.29, 1.82) is 0 Å². The first-order valence-electron chi connectivity index (χ1n) is 7.94. The molecule has 2 aromatic carbocycles. The van der Waals surface area contributed by atoms with Crippen LogP contribution in [0.15, 0.2) is 48.5 Å². The highest BCUT2D eigenvalue weighted by Crippen LogP contribution is 2.21. The first-order chi connectivity index (χ1) is 12.7. The van der Waals surface area contributed by atoms with E-state index in [4.69, 9.17) is 25.9 Å². The van der Waals surface area contributed by atoms with Gasteiger partial charge in [0.25, 0.3) is 0 Å². The highest BCUT2D eigenvalue weighted by atomic mass is 35.5. The summed E-state index contributed by atoms with van der Waals surface area (Å²) in [6, 6.07) is 14.2. The molecular formula is C18H18ClN3O4. The number of nitrogens with zero attached hydrogens (tertiary/aromatic N) is 2. The summed E-state index contributed by atoms with van der Waals surface area (Å²) in [6.45, 7) is 1.19. The number of benzene rings is 2. The van der Waals surface area contributed by atoms with E-state index in [1.54, 1.807) is 42.0 Å². The van der Waals surface area contributed by atoms with E-state index in [0.29, 0.717) is 30.0 Å². The summed E-state index contributed by atoms with van der Waals surface area (Å²) in [5.74, 6) is -0.516. The van der Waals surface area contributed by atoms with Crippen LogP contribution in [0.3, 0.4) is 0 Å². The Bertz CT molecular complexity index is 883. The lowest BCUT2D eigenvalue weighted by molar-refractivity contribution is 0.0359. The molecule has 8 heteroatoms. The zero-order valence-corrected chi connectivity index (χ0v) is 14.9. The van der Waals surface area contributed by atoms with Crippen molar-refractivity contribution in [3.63, 3.8) is 0 Å². The van der Waals surface area contributed by atoms with E-state index in [1.807, 2.05) is 18.2 Å². The summed E-state index contributed by atoms with van der Waals surface area (Å²) in [7, 11) is 1.61. The van der Waals surface area contributed by atoms with Gasteiger partial charge in [0.2, 0.25) is 5.28 Å². The molecule has 3 rings (SSSR count). The molecule has 1 N–H and O–H groups in total. The number of ether oxygens (including phenoxy) is 2. The van der Waals surface area contributed by atoms with Crippen LogP contribution in [0.5, 0.6) is 0 Å². The van der Waals surface area contributed by atoms with Crippen LogP contribution in [0.4, 0.5) is 5.69 Å². The molecule has 0 aliphatic heterocycles. The van der Waals surface area contributed by atoms with Gasteiger partial charge in [-0.3, -0.25) is 4.57 Å². The zero-order valence-electron chi connectivity index (χ0n) is 14.1. The molecule has 0 atom stereocenters. The van der Waals surface area contributed by atoms with Crippen LogP contribution < -0.4 is 5.48 Å². The third-order valence-electron chi connectivity index (χ3n) is 3.62. The van der Waals surface area contributed by atoms with E-state index in [9.17, 15) is 4.79 Å². The standard InChI is InChI=1S/C18H18ClN3O4/c1-24-9-10-25-12-22-16-8-7-13(11-15(16)20-18(22)19)17(23)26-21-14-5-3-2-4-6-14/h2-8,11,21H,9-10,12H2,1H3. The summed E-state index contributed by atoms with van der Waals surface area (Å²) in [5, 5.41) is 0.283. The number of hydrogen-bond acceptors (Lipinski definition) is 6. The summed E-state index contributed by atoms with van der Waals surface area (Å²) in [6.07, 6.45) is 0. The SMILES string of the molecule is COCCOCn1c(Cl)nc2cc(C(=O)ONc3ccccc3)ccc21. The Morgan fingerprint density at radius 3 is 2.77 bits per heavy atom. The van der Waals surface area contributed by atoms with Gasteiger partial charge >= 0.3 is 5.97 Å². The van der Waals surface area contributed by atoms with Crippen molar-refractivity contribution in [2.75, 3.05) is 25.8 Å². The van der Waals surface area contributed by atoms with Crippen LogP contribution in [0, 0.1) is 0 Å². The second-order valence-electron chi connectivity index (χ2n) is 5.40. The number of aromatic nitrogens is 2. The summed E-state index contributed by atoms with van der Waals surface area (Å²) in [4.78, 5) is 21.6. The Hall–Kier alpha value is -2.61. The van der Waals surface area contributed by atoms with E-state index >= 15 is 0 Å². The molecule has 26 heavy (non-hydrogen) atoms. The molecule has 0 unspecified atom stereocenters. The Balaban J connectivity index is 1.69. The molecule has 0 bridgehead atoms. The van der Waals surface area contributed by atoms with Gasteiger partial charge in [0, 0.05) is 7.11 Å². The van der Waals surface area contributed by atoms with Crippen molar-refractivity contribution >= 4 is 34.3 Å². The number of anilines is 1. The van der Waals surface area contributed by atoms with Crippen molar-refractivity contribution in [1.82, 2.24) is 9.55 Å². The number of halogens is 1. The fourth-order valence-corrected chi connectivity index (χ4v) is 2.55. The summed E-state index contributed by atoms with van der Waals surface area (Å²) >= 11 is 6.17. The van der Waals surface area contributed by atoms with Gasteiger partial charge < -0.3 is 14.3 Å². The minimum atomic E-state index is -0.516. The lowest BCUT2D eigenvalue weighted by atomic mass is 10.2. The molecule has 0 spiro atoms. The fraction of sp³-hybridized carbons (Fsp3) is 0.222. The van der Waals surface area contributed by atoms with E-state index in [-0.39, 0.29) is 12.0 Å². The first kappa shape index (κ1) is 18.2. The van der Waals surface area contributed by atoms with E-state index in [2.05, 4.69) is 10.5 Å². The lowest BCUT2D eigenvalue weighted by Gasteiger charge is -2.08. The second kappa shape index (κ2) is 8.66. The first-order valence-corrected chi connectivity index (χ1v) is 8.31. The smallest absolute Gasteiger partial charge is 0.362 e. The predicted octanol–water partition coefficient (Wildman–Crippen LogP) is 3.49. The number of imidazole rings is 1. The van der Waals surface area contributed by atoms with E-state index in [1.165, 1.54) is 0 Å². The molecular weight excluding hydrogens is 358 g/mol. The van der Waals surface area contributed by atoms with Crippen molar-refractivity contribution in [3.05, 3.63) is 59.4 Å². The van der Waals surface area contributed by atoms with Crippen LogP contribution in [-0.2, 0) is 21.0 Å². The predicted molar refractivity (Wildman–Crippen MR) is 98.1 cm³/mol. The monoisotopic (exact) mass is 375 g/mol. The van der Waals surface area contributed by atoms with Crippen LogP contribution in [0.2, 0.25) is 5.28 Å². The highest BCUT2D eigenvalue weighted by molar-refractivity contribution is 6.29. The normalized spacial score (nSPS) is 10.8. The molecule has 0 aliphatic rings. The number of carbonyl (C=O) groups is 1. The number of carbonyl (C=O) groups excluding carboxylic acids is 1.